The molecule has 3 aliphatic carbocycles. The zero-order valence-electron chi connectivity index (χ0n) is 20.5. The van der Waals surface area contributed by atoms with E-state index in [2.05, 4.69) is 32.6 Å². The van der Waals surface area contributed by atoms with Crippen molar-refractivity contribution >= 4 is 0 Å². The summed E-state index contributed by atoms with van der Waals surface area (Å²) in [6.45, 7) is 14.8. The van der Waals surface area contributed by atoms with Crippen LogP contribution in [0.25, 0.3) is 0 Å². The minimum absolute atomic E-state index is 0.149. The lowest BCUT2D eigenvalue weighted by Gasteiger charge is -2.44. The van der Waals surface area contributed by atoms with Crippen LogP contribution in [0.2, 0.25) is 0 Å². The van der Waals surface area contributed by atoms with Crippen LogP contribution < -0.4 is 0 Å². The van der Waals surface area contributed by atoms with E-state index >= 15 is 0 Å². The third kappa shape index (κ3) is 5.37. The topological polar surface area (TPSA) is 60.7 Å². The Morgan fingerprint density at radius 2 is 1.94 bits per heavy atom. The first-order valence-corrected chi connectivity index (χ1v) is 12.6. The first-order chi connectivity index (χ1) is 14.4. The Bertz CT molecular complexity index is 712. The van der Waals surface area contributed by atoms with E-state index in [4.69, 9.17) is 0 Å². The quantitative estimate of drug-likeness (QED) is 0.488. The molecule has 176 valence electrons. The van der Waals surface area contributed by atoms with Crippen molar-refractivity contribution in [2.45, 2.75) is 110 Å². The molecule has 3 aliphatic rings. The molecule has 3 N–H and O–H groups in total. The van der Waals surface area contributed by atoms with E-state index in [9.17, 15) is 15.3 Å². The van der Waals surface area contributed by atoms with E-state index in [1.807, 2.05) is 20.8 Å². The minimum atomic E-state index is -0.648. The number of hydrogen-bond donors (Lipinski definition) is 3. The van der Waals surface area contributed by atoms with Gasteiger partial charge in [-0.3, -0.25) is 0 Å². The Morgan fingerprint density at radius 1 is 1.23 bits per heavy atom. The Labute approximate surface area is 190 Å². The molecule has 31 heavy (non-hydrogen) atoms. The van der Waals surface area contributed by atoms with Crippen LogP contribution in [0.4, 0.5) is 0 Å². The molecule has 0 heterocycles. The van der Waals surface area contributed by atoms with E-state index in [-0.39, 0.29) is 5.92 Å². The fraction of sp³-hybridized carbons (Fsp3) is 0.786. The van der Waals surface area contributed by atoms with Crippen molar-refractivity contribution in [1.29, 1.82) is 0 Å². The summed E-state index contributed by atoms with van der Waals surface area (Å²) < 4.78 is 0. The number of rotatable bonds is 6. The van der Waals surface area contributed by atoms with Crippen molar-refractivity contribution in [1.82, 2.24) is 0 Å². The van der Waals surface area contributed by atoms with Gasteiger partial charge in [-0.05, 0) is 93.1 Å². The normalized spacial score (nSPS) is 40.4. The largest absolute Gasteiger partial charge is 0.392 e. The molecule has 0 aromatic rings. The number of hydrogen-bond acceptors (Lipinski definition) is 3. The first-order valence-electron chi connectivity index (χ1n) is 12.6. The van der Waals surface area contributed by atoms with E-state index in [0.717, 1.165) is 36.3 Å². The van der Waals surface area contributed by atoms with Gasteiger partial charge < -0.3 is 15.3 Å². The van der Waals surface area contributed by atoms with Gasteiger partial charge in [-0.25, -0.2) is 0 Å². The van der Waals surface area contributed by atoms with Gasteiger partial charge in [0.1, 0.15) is 0 Å². The van der Waals surface area contributed by atoms with Crippen LogP contribution in [-0.2, 0) is 0 Å². The van der Waals surface area contributed by atoms with Crippen molar-refractivity contribution in [3.8, 4) is 0 Å². The van der Waals surface area contributed by atoms with Gasteiger partial charge in [0.05, 0.1) is 17.8 Å². The standard InChI is InChI=1S/C28H46O3/c1-18(9-7-15-27(4,5)31)23-13-14-24-21(10-8-16-28(23,24)6)11-12-22-17-25(29)20(3)26(30)19(22)2/h11-12,18,20,23-26,29-31H,2,7-10,13-17H2,1,3-6H3/t18-,20+,23+,24?,25-,26-,28+/m0/s1. The van der Waals surface area contributed by atoms with Crippen LogP contribution in [0.15, 0.2) is 35.5 Å². The average Bonchev–Trinajstić information content (AvgIpc) is 3.04. The van der Waals surface area contributed by atoms with E-state index < -0.39 is 17.8 Å². The molecule has 0 radical (unpaired) electrons. The summed E-state index contributed by atoms with van der Waals surface area (Å²) in [6.07, 6.45) is 13.4. The maximum Gasteiger partial charge on any atom is 0.0837 e. The predicted octanol–water partition coefficient (Wildman–Crippen LogP) is 5.95. The summed E-state index contributed by atoms with van der Waals surface area (Å²) >= 11 is 0. The molecule has 3 fully saturated rings. The summed E-state index contributed by atoms with van der Waals surface area (Å²) in [5.41, 5.74) is 3.15. The zero-order chi connectivity index (χ0) is 23.0. The van der Waals surface area contributed by atoms with Crippen LogP contribution in [0.3, 0.4) is 0 Å². The molecule has 0 aliphatic heterocycles. The molecule has 0 bridgehead atoms. The van der Waals surface area contributed by atoms with Gasteiger partial charge in [0, 0.05) is 5.92 Å². The highest BCUT2D eigenvalue weighted by Crippen LogP contribution is 2.60. The van der Waals surface area contributed by atoms with Crippen LogP contribution >= 0.6 is 0 Å². The molecule has 3 nitrogen and oxygen atoms in total. The Hall–Kier alpha value is -0.900. The fourth-order valence-corrected chi connectivity index (χ4v) is 6.91. The fourth-order valence-electron chi connectivity index (χ4n) is 6.91. The Morgan fingerprint density at radius 3 is 2.61 bits per heavy atom. The summed E-state index contributed by atoms with van der Waals surface area (Å²) in [7, 11) is 0. The van der Waals surface area contributed by atoms with Gasteiger partial charge in [0.25, 0.3) is 0 Å². The van der Waals surface area contributed by atoms with Gasteiger partial charge in [0.15, 0.2) is 0 Å². The molecule has 0 aromatic carbocycles. The zero-order valence-corrected chi connectivity index (χ0v) is 20.5. The Kier molecular flexibility index (Phi) is 7.61. The van der Waals surface area contributed by atoms with Crippen molar-refractivity contribution in [2.24, 2.45) is 29.1 Å². The highest BCUT2D eigenvalue weighted by Gasteiger charge is 2.50. The van der Waals surface area contributed by atoms with E-state index in [0.29, 0.717) is 23.7 Å². The summed E-state index contributed by atoms with van der Waals surface area (Å²) in [5.74, 6) is 1.94. The summed E-state index contributed by atoms with van der Waals surface area (Å²) in [6, 6.07) is 0. The second-order valence-corrected chi connectivity index (χ2v) is 11.8. The molecule has 0 spiro atoms. The van der Waals surface area contributed by atoms with Gasteiger partial charge in [-0.15, -0.1) is 0 Å². The van der Waals surface area contributed by atoms with Gasteiger partial charge >= 0.3 is 0 Å². The van der Waals surface area contributed by atoms with E-state index in [1.165, 1.54) is 32.1 Å². The second-order valence-electron chi connectivity index (χ2n) is 11.8. The highest BCUT2D eigenvalue weighted by molar-refractivity contribution is 5.39. The molecule has 3 saturated carbocycles. The lowest BCUT2D eigenvalue weighted by Crippen LogP contribution is -2.36. The lowest BCUT2D eigenvalue weighted by atomic mass is 9.60. The van der Waals surface area contributed by atoms with Crippen molar-refractivity contribution in [3.63, 3.8) is 0 Å². The molecule has 0 aromatic heterocycles. The van der Waals surface area contributed by atoms with Crippen LogP contribution in [-0.4, -0.2) is 33.1 Å². The van der Waals surface area contributed by atoms with Crippen molar-refractivity contribution in [2.75, 3.05) is 0 Å². The first kappa shape index (κ1) is 24.7. The minimum Gasteiger partial charge on any atom is -0.392 e. The highest BCUT2D eigenvalue weighted by atomic mass is 16.3. The molecule has 0 saturated heterocycles. The maximum absolute atomic E-state index is 10.4. The van der Waals surface area contributed by atoms with E-state index in [1.54, 1.807) is 5.57 Å². The SMILES string of the molecule is C=C1C(=CC=C2CCC[C@@]3(C)C2CC[C@@H]3[C@@H](C)CCCC(C)(C)O)C[C@H](O)[C@@H](C)[C@H]1O. The predicted molar refractivity (Wildman–Crippen MR) is 129 cm³/mol. The van der Waals surface area contributed by atoms with Gasteiger partial charge in [0.2, 0.25) is 0 Å². The molecule has 1 unspecified atom stereocenters. The molecule has 3 heteroatoms. The van der Waals surface area contributed by atoms with Crippen LogP contribution in [0.5, 0.6) is 0 Å². The number of fused-ring (bicyclic) bond motifs is 1. The number of aliphatic hydroxyl groups excluding tert-OH is 2. The van der Waals surface area contributed by atoms with Gasteiger partial charge in [-0.1, -0.05) is 57.9 Å². The van der Waals surface area contributed by atoms with Crippen LogP contribution in [0.1, 0.15) is 92.4 Å². The molecular formula is C28H46O3. The maximum atomic E-state index is 10.4. The monoisotopic (exact) mass is 430 g/mol. The number of allylic oxidation sites excluding steroid dienone is 3. The van der Waals surface area contributed by atoms with Crippen molar-refractivity contribution in [3.05, 3.63) is 35.5 Å². The van der Waals surface area contributed by atoms with Gasteiger partial charge in [-0.2, -0.15) is 0 Å². The lowest BCUT2D eigenvalue weighted by molar-refractivity contribution is 0.0283. The third-order valence-electron chi connectivity index (χ3n) is 8.97. The van der Waals surface area contributed by atoms with Crippen molar-refractivity contribution < 1.29 is 15.3 Å². The summed E-state index contributed by atoms with van der Waals surface area (Å²) in [4.78, 5) is 0. The smallest absolute Gasteiger partial charge is 0.0837 e. The molecular weight excluding hydrogens is 384 g/mol. The molecule has 3 rings (SSSR count). The summed E-state index contributed by atoms with van der Waals surface area (Å²) in [5, 5.41) is 30.7. The average molecular weight is 431 g/mol. The molecule has 0 amide bonds. The second kappa shape index (κ2) is 9.53. The number of aliphatic hydroxyl groups is 3. The third-order valence-corrected chi connectivity index (χ3v) is 8.97. The Balaban J connectivity index is 1.71. The molecule has 7 atom stereocenters. The van der Waals surface area contributed by atoms with Crippen LogP contribution in [0, 0.1) is 29.1 Å².